The van der Waals surface area contributed by atoms with Crippen LogP contribution in [0.2, 0.25) is 0 Å². The Bertz CT molecular complexity index is 1160. The quantitative estimate of drug-likeness (QED) is 0.541. The minimum absolute atomic E-state index is 0.0570. The normalized spacial score (nSPS) is 22.6. The van der Waals surface area contributed by atoms with Gasteiger partial charge in [0.2, 0.25) is 5.91 Å². The Balaban J connectivity index is 1.20. The van der Waals surface area contributed by atoms with Gasteiger partial charge in [0.05, 0.1) is 19.1 Å². The van der Waals surface area contributed by atoms with Gasteiger partial charge in [-0.05, 0) is 41.3 Å². The number of hydrogen-bond donors (Lipinski definition) is 2. The van der Waals surface area contributed by atoms with Crippen molar-refractivity contribution in [1.29, 1.82) is 0 Å². The molecule has 3 aromatic carbocycles. The third kappa shape index (κ3) is 5.04. The van der Waals surface area contributed by atoms with Gasteiger partial charge in [0, 0.05) is 37.8 Å². The highest BCUT2D eigenvalue weighted by atomic mass is 16.6. The van der Waals surface area contributed by atoms with Gasteiger partial charge in [0.1, 0.15) is 18.0 Å². The number of ether oxygens (including phenoxy) is 2. The van der Waals surface area contributed by atoms with Crippen LogP contribution in [0.25, 0.3) is 11.1 Å². The molecule has 0 saturated carbocycles. The van der Waals surface area contributed by atoms with Crippen LogP contribution < -0.4 is 15.0 Å². The largest absolute Gasteiger partial charge is 0.487 e. The number of aliphatic hydroxyl groups excluding tert-OH is 1. The standard InChI is InChI=1S/C29H32N2O4/c1-31(2)22-12-13-26-24(14-22)25-15-23(34-27(18-32)29(25)35-26)16-28(33)30-17-19-8-10-21(11-9-19)20-6-4-3-5-7-20/h3-14,23,25,27,29,32H,15-18H2,1-2H3,(H,30,33)/t23-,25-,27-,29+/m0/s1. The fourth-order valence-electron chi connectivity index (χ4n) is 5.08. The molecular formula is C29H32N2O4. The van der Waals surface area contributed by atoms with Crippen LogP contribution in [-0.4, -0.2) is 50.0 Å². The van der Waals surface area contributed by atoms with Crippen LogP contribution in [-0.2, 0) is 16.1 Å². The molecule has 1 amide bonds. The average molecular weight is 473 g/mol. The number of amides is 1. The van der Waals surface area contributed by atoms with Crippen LogP contribution in [0.3, 0.4) is 0 Å². The smallest absolute Gasteiger partial charge is 0.222 e. The lowest BCUT2D eigenvalue weighted by molar-refractivity contribution is -0.142. The van der Waals surface area contributed by atoms with Gasteiger partial charge in [0.25, 0.3) is 0 Å². The molecule has 4 atom stereocenters. The molecule has 0 aliphatic carbocycles. The number of nitrogens with zero attached hydrogens (tertiary/aromatic N) is 1. The Hall–Kier alpha value is -3.35. The number of hydrogen-bond acceptors (Lipinski definition) is 5. The number of anilines is 1. The Morgan fingerprint density at radius 1 is 1.03 bits per heavy atom. The van der Waals surface area contributed by atoms with Gasteiger partial charge in [0.15, 0.2) is 0 Å². The first kappa shape index (κ1) is 23.4. The highest BCUT2D eigenvalue weighted by Gasteiger charge is 2.46. The molecule has 2 aliphatic rings. The lowest BCUT2D eigenvalue weighted by atomic mass is 9.84. The van der Waals surface area contributed by atoms with E-state index in [1.165, 1.54) is 5.56 Å². The molecule has 1 saturated heterocycles. The SMILES string of the molecule is CN(C)c1ccc2c(c1)[C@@H]1C[C@@H](CC(=O)NCc3ccc(-c4ccccc4)cc3)O[C@@H](CO)[C@@H]1O2. The predicted octanol–water partition coefficient (Wildman–Crippen LogP) is 4.12. The van der Waals surface area contributed by atoms with Crippen LogP contribution in [0.1, 0.15) is 29.9 Å². The number of benzene rings is 3. The first-order valence-corrected chi connectivity index (χ1v) is 12.2. The summed E-state index contributed by atoms with van der Waals surface area (Å²) in [5.74, 6) is 0.884. The number of nitrogens with one attached hydrogen (secondary N) is 1. The van der Waals surface area contributed by atoms with E-state index in [0.29, 0.717) is 13.0 Å². The topological polar surface area (TPSA) is 71.0 Å². The first-order valence-electron chi connectivity index (χ1n) is 12.2. The zero-order valence-corrected chi connectivity index (χ0v) is 20.2. The average Bonchev–Trinajstić information content (AvgIpc) is 3.25. The lowest BCUT2D eigenvalue weighted by Gasteiger charge is -2.37. The number of carbonyl (C=O) groups excluding carboxylic acids is 1. The second-order valence-electron chi connectivity index (χ2n) is 9.56. The van der Waals surface area contributed by atoms with Crippen LogP contribution in [0.15, 0.2) is 72.8 Å². The monoisotopic (exact) mass is 472 g/mol. The van der Waals surface area contributed by atoms with Gasteiger partial charge in [-0.3, -0.25) is 4.79 Å². The third-order valence-corrected chi connectivity index (χ3v) is 6.96. The maximum atomic E-state index is 12.8. The Morgan fingerprint density at radius 2 is 1.77 bits per heavy atom. The molecule has 1 fully saturated rings. The molecule has 2 N–H and O–H groups in total. The van der Waals surface area contributed by atoms with Crippen molar-refractivity contribution in [3.63, 3.8) is 0 Å². The second kappa shape index (κ2) is 10.1. The molecule has 5 rings (SSSR count). The summed E-state index contributed by atoms with van der Waals surface area (Å²) >= 11 is 0. The summed E-state index contributed by atoms with van der Waals surface area (Å²) in [6.07, 6.45) is -0.0112. The molecule has 3 aromatic rings. The number of carbonyl (C=O) groups is 1. The third-order valence-electron chi connectivity index (χ3n) is 6.96. The van der Waals surface area contributed by atoms with Crippen molar-refractivity contribution in [2.45, 2.75) is 43.6 Å². The molecule has 6 heteroatoms. The van der Waals surface area contributed by atoms with Crippen molar-refractivity contribution >= 4 is 11.6 Å². The molecule has 2 heterocycles. The van der Waals surface area contributed by atoms with E-state index in [4.69, 9.17) is 9.47 Å². The van der Waals surface area contributed by atoms with E-state index >= 15 is 0 Å². The minimum atomic E-state index is -0.452. The Labute approximate surface area is 206 Å². The molecular weight excluding hydrogens is 440 g/mol. The van der Waals surface area contributed by atoms with Gasteiger partial charge in [-0.2, -0.15) is 0 Å². The van der Waals surface area contributed by atoms with Gasteiger partial charge in [-0.15, -0.1) is 0 Å². The molecule has 0 bridgehead atoms. The summed E-state index contributed by atoms with van der Waals surface area (Å²) in [6, 6.07) is 24.6. The first-order chi connectivity index (χ1) is 17.0. The fourth-order valence-corrected chi connectivity index (χ4v) is 5.08. The highest BCUT2D eigenvalue weighted by Crippen LogP contribution is 2.47. The summed E-state index contributed by atoms with van der Waals surface area (Å²) in [5.41, 5.74) is 5.60. The molecule has 182 valence electrons. The van der Waals surface area contributed by atoms with Gasteiger partial charge in [-0.25, -0.2) is 0 Å². The Morgan fingerprint density at radius 3 is 2.49 bits per heavy atom. The number of fused-ring (bicyclic) bond motifs is 3. The minimum Gasteiger partial charge on any atom is -0.487 e. The summed E-state index contributed by atoms with van der Waals surface area (Å²) in [5, 5.41) is 13.0. The molecule has 0 aromatic heterocycles. The zero-order valence-electron chi connectivity index (χ0n) is 20.2. The number of rotatable bonds is 7. The van der Waals surface area contributed by atoms with E-state index in [1.54, 1.807) is 0 Å². The Kier molecular flexibility index (Phi) is 6.75. The van der Waals surface area contributed by atoms with Gasteiger partial charge < -0.3 is 24.8 Å². The molecule has 35 heavy (non-hydrogen) atoms. The molecule has 0 radical (unpaired) electrons. The van der Waals surface area contributed by atoms with Crippen molar-refractivity contribution in [2.75, 3.05) is 25.6 Å². The second-order valence-corrected chi connectivity index (χ2v) is 9.56. The van der Waals surface area contributed by atoms with Crippen molar-refractivity contribution in [3.8, 4) is 16.9 Å². The lowest BCUT2D eigenvalue weighted by Crippen LogP contribution is -2.47. The van der Waals surface area contributed by atoms with Gasteiger partial charge >= 0.3 is 0 Å². The zero-order chi connectivity index (χ0) is 24.4. The van der Waals surface area contributed by atoms with Gasteiger partial charge in [-0.1, -0.05) is 54.6 Å². The summed E-state index contributed by atoms with van der Waals surface area (Å²) in [7, 11) is 4.02. The van der Waals surface area contributed by atoms with Crippen molar-refractivity contribution in [1.82, 2.24) is 5.32 Å². The maximum Gasteiger partial charge on any atom is 0.222 e. The maximum absolute atomic E-state index is 12.8. The molecule has 6 nitrogen and oxygen atoms in total. The van der Waals surface area contributed by atoms with E-state index in [0.717, 1.165) is 28.1 Å². The summed E-state index contributed by atoms with van der Waals surface area (Å²) in [4.78, 5) is 14.8. The summed E-state index contributed by atoms with van der Waals surface area (Å²) < 4.78 is 12.2. The van der Waals surface area contributed by atoms with E-state index in [1.807, 2.05) is 56.6 Å². The van der Waals surface area contributed by atoms with Crippen LogP contribution in [0, 0.1) is 0 Å². The predicted molar refractivity (Wildman–Crippen MR) is 137 cm³/mol. The van der Waals surface area contributed by atoms with E-state index in [-0.39, 0.29) is 37.1 Å². The molecule has 0 unspecified atom stereocenters. The van der Waals surface area contributed by atoms with E-state index < -0.39 is 6.10 Å². The van der Waals surface area contributed by atoms with E-state index in [2.05, 4.69) is 40.5 Å². The fraction of sp³-hybridized carbons (Fsp3) is 0.345. The van der Waals surface area contributed by atoms with Crippen molar-refractivity contribution in [3.05, 3.63) is 83.9 Å². The number of aliphatic hydroxyl groups is 1. The summed E-state index contributed by atoms with van der Waals surface area (Å²) in [6.45, 7) is 0.329. The molecule has 2 aliphatic heterocycles. The highest BCUT2D eigenvalue weighted by molar-refractivity contribution is 5.76. The van der Waals surface area contributed by atoms with Crippen molar-refractivity contribution in [2.24, 2.45) is 0 Å². The molecule has 0 spiro atoms. The van der Waals surface area contributed by atoms with E-state index in [9.17, 15) is 9.90 Å². The van der Waals surface area contributed by atoms with Crippen molar-refractivity contribution < 1.29 is 19.4 Å². The van der Waals surface area contributed by atoms with Crippen LogP contribution >= 0.6 is 0 Å². The van der Waals surface area contributed by atoms with Crippen LogP contribution in [0.5, 0.6) is 5.75 Å². The van der Waals surface area contributed by atoms with Crippen LogP contribution in [0.4, 0.5) is 5.69 Å².